The highest BCUT2D eigenvalue weighted by atomic mass is 32.2. The highest BCUT2D eigenvalue weighted by Crippen LogP contribution is 2.34. The van der Waals surface area contributed by atoms with Crippen LogP contribution in [0.2, 0.25) is 0 Å². The van der Waals surface area contributed by atoms with E-state index in [9.17, 15) is 4.79 Å². The predicted octanol–water partition coefficient (Wildman–Crippen LogP) is 4.63. The molecule has 0 N–H and O–H groups in total. The van der Waals surface area contributed by atoms with Gasteiger partial charge in [0.05, 0.1) is 16.3 Å². The lowest BCUT2D eigenvalue weighted by molar-refractivity contribution is -0.119. The Labute approximate surface area is 139 Å². The first-order chi connectivity index (χ1) is 11.3. The number of para-hydroxylation sites is 3. The molecule has 1 aromatic heterocycles. The van der Waals surface area contributed by atoms with Gasteiger partial charge in [0.2, 0.25) is 0 Å². The third kappa shape index (κ3) is 2.79. The van der Waals surface area contributed by atoms with Crippen LogP contribution in [0.1, 0.15) is 25.7 Å². The van der Waals surface area contributed by atoms with Crippen molar-refractivity contribution in [3.8, 4) is 5.69 Å². The van der Waals surface area contributed by atoms with Gasteiger partial charge in [0.25, 0.3) is 0 Å². The minimum absolute atomic E-state index is 0.0445. The van der Waals surface area contributed by atoms with Gasteiger partial charge in [-0.3, -0.25) is 9.36 Å². The molecule has 1 aliphatic carbocycles. The number of hydrogen-bond donors (Lipinski definition) is 0. The number of ketones is 1. The van der Waals surface area contributed by atoms with Crippen LogP contribution in [-0.4, -0.2) is 20.6 Å². The number of thioether (sulfide) groups is 1. The Kier molecular flexibility index (Phi) is 3.92. The van der Waals surface area contributed by atoms with E-state index in [0.29, 0.717) is 12.2 Å². The summed E-state index contributed by atoms with van der Waals surface area (Å²) in [5, 5.41) is 0.959. The summed E-state index contributed by atoms with van der Waals surface area (Å²) in [5.74, 6) is 0.368. The minimum Gasteiger partial charge on any atom is -0.298 e. The summed E-state index contributed by atoms with van der Waals surface area (Å²) in [6, 6.07) is 18.4. The van der Waals surface area contributed by atoms with Crippen molar-refractivity contribution >= 4 is 28.6 Å². The molecule has 1 unspecified atom stereocenters. The molecule has 0 radical (unpaired) electrons. The van der Waals surface area contributed by atoms with Crippen LogP contribution in [0.5, 0.6) is 0 Å². The molecule has 4 rings (SSSR count). The van der Waals surface area contributed by atoms with Crippen LogP contribution in [0, 0.1) is 0 Å². The zero-order valence-electron chi connectivity index (χ0n) is 12.8. The van der Waals surface area contributed by atoms with Crippen LogP contribution in [0.3, 0.4) is 0 Å². The summed E-state index contributed by atoms with van der Waals surface area (Å²) in [5.41, 5.74) is 3.15. The maximum absolute atomic E-state index is 12.2. The molecule has 116 valence electrons. The van der Waals surface area contributed by atoms with Crippen molar-refractivity contribution < 1.29 is 4.79 Å². The van der Waals surface area contributed by atoms with Gasteiger partial charge in [-0.2, -0.15) is 0 Å². The highest BCUT2D eigenvalue weighted by Gasteiger charge is 2.26. The molecule has 1 fully saturated rings. The molecule has 4 heteroatoms. The number of Topliss-reactive ketones (excluding diaryl/α,β-unsaturated/α-hetero) is 1. The predicted molar refractivity (Wildman–Crippen MR) is 94.2 cm³/mol. The second-order valence-electron chi connectivity index (χ2n) is 5.87. The van der Waals surface area contributed by atoms with E-state index < -0.39 is 0 Å². The summed E-state index contributed by atoms with van der Waals surface area (Å²) >= 11 is 1.62. The number of carbonyl (C=O) groups is 1. The van der Waals surface area contributed by atoms with Gasteiger partial charge >= 0.3 is 0 Å². The van der Waals surface area contributed by atoms with Crippen LogP contribution in [-0.2, 0) is 4.79 Å². The van der Waals surface area contributed by atoms with Crippen molar-refractivity contribution in [1.82, 2.24) is 9.55 Å². The van der Waals surface area contributed by atoms with E-state index in [2.05, 4.69) is 22.8 Å². The van der Waals surface area contributed by atoms with Crippen molar-refractivity contribution in [2.24, 2.45) is 0 Å². The van der Waals surface area contributed by atoms with Crippen molar-refractivity contribution in [2.45, 2.75) is 36.1 Å². The Bertz CT molecular complexity index is 841. The van der Waals surface area contributed by atoms with Crippen LogP contribution >= 0.6 is 11.8 Å². The number of nitrogens with zero attached hydrogens (tertiary/aromatic N) is 2. The summed E-state index contributed by atoms with van der Waals surface area (Å²) in [6.45, 7) is 0. The lowest BCUT2D eigenvalue weighted by Gasteiger charge is -2.20. The van der Waals surface area contributed by atoms with E-state index in [1.807, 2.05) is 36.4 Å². The van der Waals surface area contributed by atoms with Crippen LogP contribution in [0.25, 0.3) is 16.7 Å². The van der Waals surface area contributed by atoms with E-state index in [-0.39, 0.29) is 5.25 Å². The smallest absolute Gasteiger partial charge is 0.174 e. The Morgan fingerprint density at radius 3 is 2.61 bits per heavy atom. The molecule has 2 aromatic carbocycles. The quantitative estimate of drug-likeness (QED) is 0.705. The summed E-state index contributed by atoms with van der Waals surface area (Å²) < 4.78 is 2.17. The van der Waals surface area contributed by atoms with Gasteiger partial charge < -0.3 is 0 Å². The fraction of sp³-hybridized carbons (Fsp3) is 0.263. The van der Waals surface area contributed by atoms with Crippen LogP contribution < -0.4 is 0 Å². The Morgan fingerprint density at radius 1 is 1.00 bits per heavy atom. The summed E-state index contributed by atoms with van der Waals surface area (Å²) in [7, 11) is 0. The first kappa shape index (κ1) is 14.5. The van der Waals surface area contributed by atoms with Crippen molar-refractivity contribution in [3.63, 3.8) is 0 Å². The Hall–Kier alpha value is -2.07. The van der Waals surface area contributed by atoms with Gasteiger partial charge in [0.15, 0.2) is 5.16 Å². The van der Waals surface area contributed by atoms with Crippen molar-refractivity contribution in [3.05, 3.63) is 54.6 Å². The SMILES string of the molecule is O=C1CCCCC1Sc1nc2ccccc2n1-c1ccccc1. The molecule has 0 aliphatic heterocycles. The maximum Gasteiger partial charge on any atom is 0.174 e. The first-order valence-corrected chi connectivity index (χ1v) is 8.93. The molecule has 3 nitrogen and oxygen atoms in total. The van der Waals surface area contributed by atoms with Crippen molar-refractivity contribution in [1.29, 1.82) is 0 Å². The fourth-order valence-electron chi connectivity index (χ4n) is 3.11. The van der Waals surface area contributed by atoms with E-state index in [0.717, 1.165) is 41.1 Å². The fourth-order valence-corrected chi connectivity index (χ4v) is 4.36. The third-order valence-electron chi connectivity index (χ3n) is 4.29. The number of imidazole rings is 1. The number of aromatic nitrogens is 2. The normalized spacial score (nSPS) is 18.4. The standard InChI is InChI=1S/C19H18N2OS/c22-17-12-6-7-13-18(17)23-19-20-15-10-4-5-11-16(15)21(19)14-8-2-1-3-9-14/h1-5,8-11,18H,6-7,12-13H2. The van der Waals surface area contributed by atoms with Gasteiger partial charge in [0.1, 0.15) is 5.78 Å². The molecular weight excluding hydrogens is 304 g/mol. The summed E-state index contributed by atoms with van der Waals surface area (Å²) in [4.78, 5) is 17.0. The molecule has 1 heterocycles. The van der Waals surface area contributed by atoms with E-state index in [1.165, 1.54) is 0 Å². The summed E-state index contributed by atoms with van der Waals surface area (Å²) in [6.07, 6.45) is 3.84. The average Bonchev–Trinajstić information content (AvgIpc) is 2.95. The zero-order valence-corrected chi connectivity index (χ0v) is 13.6. The molecule has 0 saturated heterocycles. The number of hydrogen-bond acceptors (Lipinski definition) is 3. The van der Waals surface area contributed by atoms with Gasteiger partial charge in [-0.1, -0.05) is 48.5 Å². The molecule has 1 atom stereocenters. The Balaban J connectivity index is 1.81. The first-order valence-electron chi connectivity index (χ1n) is 8.05. The van der Waals surface area contributed by atoms with Gasteiger partial charge in [0, 0.05) is 12.1 Å². The minimum atomic E-state index is 0.0445. The van der Waals surface area contributed by atoms with E-state index in [1.54, 1.807) is 11.8 Å². The molecule has 0 amide bonds. The number of benzene rings is 2. The maximum atomic E-state index is 12.2. The van der Waals surface area contributed by atoms with E-state index in [4.69, 9.17) is 4.98 Å². The second-order valence-corrected chi connectivity index (χ2v) is 7.04. The monoisotopic (exact) mass is 322 g/mol. The molecule has 0 bridgehead atoms. The Morgan fingerprint density at radius 2 is 1.78 bits per heavy atom. The van der Waals surface area contributed by atoms with Gasteiger partial charge in [-0.15, -0.1) is 0 Å². The number of fused-ring (bicyclic) bond motifs is 1. The molecule has 0 spiro atoms. The van der Waals surface area contributed by atoms with Crippen LogP contribution in [0.15, 0.2) is 59.8 Å². The van der Waals surface area contributed by atoms with Crippen LogP contribution in [0.4, 0.5) is 0 Å². The molecule has 1 aliphatic rings. The molecular formula is C19H18N2OS. The number of rotatable bonds is 3. The molecule has 1 saturated carbocycles. The lowest BCUT2D eigenvalue weighted by Crippen LogP contribution is -2.21. The topological polar surface area (TPSA) is 34.9 Å². The second kappa shape index (κ2) is 6.20. The van der Waals surface area contributed by atoms with Gasteiger partial charge in [-0.05, 0) is 37.1 Å². The lowest BCUT2D eigenvalue weighted by atomic mass is 9.99. The zero-order chi connectivity index (χ0) is 15.6. The molecule has 23 heavy (non-hydrogen) atoms. The third-order valence-corrected chi connectivity index (χ3v) is 5.56. The molecule has 3 aromatic rings. The van der Waals surface area contributed by atoms with Gasteiger partial charge in [-0.25, -0.2) is 4.98 Å². The van der Waals surface area contributed by atoms with Crippen molar-refractivity contribution in [2.75, 3.05) is 0 Å². The highest BCUT2D eigenvalue weighted by molar-refractivity contribution is 8.00. The largest absolute Gasteiger partial charge is 0.298 e. The average molecular weight is 322 g/mol. The number of carbonyl (C=O) groups excluding carboxylic acids is 1. The van der Waals surface area contributed by atoms with E-state index >= 15 is 0 Å².